The summed E-state index contributed by atoms with van der Waals surface area (Å²) in [6.07, 6.45) is 1.66. The summed E-state index contributed by atoms with van der Waals surface area (Å²) in [5.41, 5.74) is 8.90. The van der Waals surface area contributed by atoms with Crippen LogP contribution in [0.2, 0.25) is 0 Å². The van der Waals surface area contributed by atoms with Crippen molar-refractivity contribution in [3.63, 3.8) is 0 Å². The summed E-state index contributed by atoms with van der Waals surface area (Å²) in [4.78, 5) is 12.8. The number of nitrogen functional groups attached to an aromatic ring is 1. The van der Waals surface area contributed by atoms with Crippen molar-refractivity contribution in [2.75, 3.05) is 0 Å². The quantitative estimate of drug-likeness (QED) is 0.385. The average molecular weight is 273 g/mol. The van der Waals surface area contributed by atoms with Gasteiger partial charge in [-0.05, 0) is 37.6 Å². The van der Waals surface area contributed by atoms with Gasteiger partial charge in [-0.1, -0.05) is 11.8 Å². The fraction of sp³-hybridized carbons (Fsp3) is 0.231. The molecule has 0 aromatic carbocycles. The number of hydrogen-bond donors (Lipinski definition) is 2. The number of thioether (sulfide) groups is 1. The number of rotatable bonds is 4. The van der Waals surface area contributed by atoms with E-state index in [9.17, 15) is 0 Å². The first kappa shape index (κ1) is 13.5. The minimum absolute atomic E-state index is 0.0190. The Morgan fingerprint density at radius 1 is 1.26 bits per heavy atom. The molecule has 5 nitrogen and oxygen atoms in total. The highest BCUT2D eigenvalue weighted by Gasteiger charge is 2.04. The first-order valence-electron chi connectivity index (χ1n) is 5.79. The van der Waals surface area contributed by atoms with Gasteiger partial charge >= 0.3 is 0 Å². The number of hydrogen-bond acceptors (Lipinski definition) is 5. The van der Waals surface area contributed by atoms with Crippen molar-refractivity contribution in [3.8, 4) is 0 Å². The topological polar surface area (TPSA) is 88.5 Å². The molecule has 0 unspecified atom stereocenters. The van der Waals surface area contributed by atoms with Gasteiger partial charge in [0.1, 0.15) is 11.5 Å². The molecule has 0 spiro atoms. The van der Waals surface area contributed by atoms with Crippen LogP contribution in [0.1, 0.15) is 22.6 Å². The number of nitrogens with zero attached hydrogens (tertiary/aromatic N) is 3. The largest absolute Gasteiger partial charge is 0.382 e. The van der Waals surface area contributed by atoms with Gasteiger partial charge in [0.05, 0.1) is 0 Å². The number of nitrogens with one attached hydrogen (secondary N) is 1. The highest BCUT2D eigenvalue weighted by Crippen LogP contribution is 2.19. The Hall–Kier alpha value is -1.95. The average Bonchev–Trinajstić information content (AvgIpc) is 2.35. The molecule has 6 heteroatoms. The smallest absolute Gasteiger partial charge is 0.188 e. The highest BCUT2D eigenvalue weighted by atomic mass is 32.2. The predicted molar refractivity (Wildman–Crippen MR) is 76.3 cm³/mol. The van der Waals surface area contributed by atoms with Gasteiger partial charge in [-0.2, -0.15) is 0 Å². The lowest BCUT2D eigenvalue weighted by atomic mass is 10.2. The van der Waals surface area contributed by atoms with Crippen molar-refractivity contribution in [1.82, 2.24) is 15.0 Å². The molecular formula is C13H15N5S. The van der Waals surface area contributed by atoms with E-state index < -0.39 is 0 Å². The van der Waals surface area contributed by atoms with E-state index in [1.165, 1.54) is 0 Å². The van der Waals surface area contributed by atoms with Gasteiger partial charge in [-0.15, -0.1) is 0 Å². The zero-order valence-electron chi connectivity index (χ0n) is 10.8. The normalized spacial score (nSPS) is 10.4. The number of pyridine rings is 1. The van der Waals surface area contributed by atoms with Gasteiger partial charge in [0.25, 0.3) is 0 Å². The molecule has 2 rings (SSSR count). The summed E-state index contributed by atoms with van der Waals surface area (Å²) in [6, 6.07) is 5.67. The summed E-state index contributed by atoms with van der Waals surface area (Å²) in [5.74, 6) is 0.709. The molecule has 0 aliphatic carbocycles. The van der Waals surface area contributed by atoms with Crippen LogP contribution in [-0.4, -0.2) is 20.8 Å². The summed E-state index contributed by atoms with van der Waals surface area (Å²) in [5, 5.41) is 8.13. The van der Waals surface area contributed by atoms with E-state index in [-0.39, 0.29) is 5.84 Å². The molecule has 2 heterocycles. The molecule has 2 aromatic heterocycles. The van der Waals surface area contributed by atoms with Gasteiger partial charge in [-0.25, -0.2) is 9.97 Å². The molecule has 0 fully saturated rings. The summed E-state index contributed by atoms with van der Waals surface area (Å²) in [6.45, 7) is 3.91. The van der Waals surface area contributed by atoms with Crippen molar-refractivity contribution >= 4 is 17.6 Å². The maximum absolute atomic E-state index is 7.37. The van der Waals surface area contributed by atoms with Crippen LogP contribution in [0, 0.1) is 19.3 Å². The molecule has 0 saturated heterocycles. The van der Waals surface area contributed by atoms with Gasteiger partial charge in [0, 0.05) is 23.3 Å². The Morgan fingerprint density at radius 3 is 2.58 bits per heavy atom. The summed E-state index contributed by atoms with van der Waals surface area (Å²) in [7, 11) is 0. The van der Waals surface area contributed by atoms with Crippen molar-refractivity contribution in [1.29, 1.82) is 5.41 Å². The molecule has 0 amide bonds. The molecule has 98 valence electrons. The second-order valence-electron chi connectivity index (χ2n) is 4.18. The van der Waals surface area contributed by atoms with E-state index in [0.717, 1.165) is 27.9 Å². The van der Waals surface area contributed by atoms with Crippen molar-refractivity contribution < 1.29 is 0 Å². The second kappa shape index (κ2) is 5.79. The van der Waals surface area contributed by atoms with Crippen LogP contribution in [-0.2, 0) is 5.75 Å². The second-order valence-corrected chi connectivity index (χ2v) is 5.13. The number of nitrogens with two attached hydrogens (primary N) is 1. The SMILES string of the molecule is Cc1cc(C)nc(SCc2ccnc(C(=N)N)c2)n1. The molecule has 0 atom stereocenters. The van der Waals surface area contributed by atoms with Crippen LogP contribution in [0.25, 0.3) is 0 Å². The Labute approximate surface area is 116 Å². The summed E-state index contributed by atoms with van der Waals surface area (Å²) < 4.78 is 0. The lowest BCUT2D eigenvalue weighted by Gasteiger charge is -2.04. The van der Waals surface area contributed by atoms with Gasteiger partial charge < -0.3 is 5.73 Å². The Bertz CT molecular complexity index is 591. The maximum atomic E-state index is 7.37. The van der Waals surface area contributed by atoms with Crippen molar-refractivity contribution in [2.24, 2.45) is 5.73 Å². The third-order valence-electron chi connectivity index (χ3n) is 2.43. The molecule has 0 bridgehead atoms. The predicted octanol–water partition coefficient (Wildman–Crippen LogP) is 2.06. The van der Waals surface area contributed by atoms with E-state index in [1.54, 1.807) is 18.0 Å². The zero-order valence-corrected chi connectivity index (χ0v) is 11.7. The lowest BCUT2D eigenvalue weighted by molar-refractivity contribution is 0.902. The zero-order chi connectivity index (χ0) is 13.8. The number of amidine groups is 1. The van der Waals surface area contributed by atoms with Crippen LogP contribution in [0.15, 0.2) is 29.6 Å². The van der Waals surface area contributed by atoms with Crippen molar-refractivity contribution in [2.45, 2.75) is 24.8 Å². The molecule has 0 aliphatic heterocycles. The molecule has 19 heavy (non-hydrogen) atoms. The molecule has 3 N–H and O–H groups in total. The van der Waals surface area contributed by atoms with E-state index in [2.05, 4.69) is 15.0 Å². The van der Waals surface area contributed by atoms with E-state index in [4.69, 9.17) is 11.1 Å². The fourth-order valence-corrected chi connectivity index (χ4v) is 2.51. The van der Waals surface area contributed by atoms with Crippen LogP contribution in [0.5, 0.6) is 0 Å². The molecule has 0 aliphatic rings. The third-order valence-corrected chi connectivity index (χ3v) is 3.35. The molecular weight excluding hydrogens is 258 g/mol. The number of aryl methyl sites for hydroxylation is 2. The minimum Gasteiger partial charge on any atom is -0.382 e. The Morgan fingerprint density at radius 2 is 1.95 bits per heavy atom. The number of aromatic nitrogens is 3. The molecule has 0 radical (unpaired) electrons. The molecule has 0 saturated carbocycles. The summed E-state index contributed by atoms with van der Waals surface area (Å²) >= 11 is 1.56. The fourth-order valence-electron chi connectivity index (χ4n) is 1.62. The van der Waals surface area contributed by atoms with Gasteiger partial charge in [-0.3, -0.25) is 10.4 Å². The van der Waals surface area contributed by atoms with Crippen LogP contribution in [0.3, 0.4) is 0 Å². The van der Waals surface area contributed by atoms with Crippen LogP contribution < -0.4 is 5.73 Å². The third kappa shape index (κ3) is 3.75. The van der Waals surface area contributed by atoms with Crippen molar-refractivity contribution in [3.05, 3.63) is 47.0 Å². The van der Waals surface area contributed by atoms with Gasteiger partial charge in [0.2, 0.25) is 0 Å². The van der Waals surface area contributed by atoms with Gasteiger partial charge in [0.15, 0.2) is 5.16 Å². The molecule has 2 aromatic rings. The standard InChI is InChI=1S/C13H15N5S/c1-8-5-9(2)18-13(17-8)19-7-10-3-4-16-11(6-10)12(14)15/h3-6H,7H2,1-2H3,(H3,14,15). The monoisotopic (exact) mass is 273 g/mol. The first-order chi connectivity index (χ1) is 9.04. The van der Waals surface area contributed by atoms with E-state index >= 15 is 0 Å². The highest BCUT2D eigenvalue weighted by molar-refractivity contribution is 7.98. The Balaban J connectivity index is 2.10. The minimum atomic E-state index is -0.0190. The maximum Gasteiger partial charge on any atom is 0.188 e. The van der Waals surface area contributed by atoms with E-state index in [0.29, 0.717) is 5.69 Å². The van der Waals surface area contributed by atoms with Crippen LogP contribution in [0.4, 0.5) is 0 Å². The van der Waals surface area contributed by atoms with E-state index in [1.807, 2.05) is 32.0 Å². The first-order valence-corrected chi connectivity index (χ1v) is 6.77. The lowest BCUT2D eigenvalue weighted by Crippen LogP contribution is -2.13. The van der Waals surface area contributed by atoms with Crippen LogP contribution >= 0.6 is 11.8 Å². The Kier molecular flexibility index (Phi) is 4.11.